The Hall–Kier alpha value is -4.43. The lowest BCUT2D eigenvalue weighted by atomic mass is 9.82. The van der Waals surface area contributed by atoms with Gasteiger partial charge in [0.15, 0.2) is 5.60 Å². The first-order chi connectivity index (χ1) is 24.5. The van der Waals surface area contributed by atoms with Crippen LogP contribution in [-0.2, 0) is 33.0 Å². The Labute approximate surface area is 298 Å². The van der Waals surface area contributed by atoms with Crippen LogP contribution in [0, 0.1) is 5.92 Å². The van der Waals surface area contributed by atoms with Gasteiger partial charge >= 0.3 is 0 Å². The Bertz CT molecular complexity index is 1900. The van der Waals surface area contributed by atoms with E-state index in [0.29, 0.717) is 48.7 Å². The Morgan fingerprint density at radius 1 is 1.12 bits per heavy atom. The second kappa shape index (κ2) is 13.9. The third-order valence-electron chi connectivity index (χ3n) is 10.8. The lowest BCUT2D eigenvalue weighted by molar-refractivity contribution is -0.146. The number of aromatic nitrogens is 3. The molecule has 0 aliphatic carbocycles. The number of aryl methyl sites for hydroxylation is 1. The van der Waals surface area contributed by atoms with Gasteiger partial charge in [0.2, 0.25) is 14.3 Å². The standard InChI is InChI=1S/C38H45FN6O5Si/c1-25-36(51(3,4)39)34(15-17-43-23-32(41-42-43)30(24-46)27-10-6-5-7-11-27)50-38(25)31-20-29(49-2)13-14-33(31)45(37(38)48)22-26-9-8-12-28(19-26)44-18-16-40-21-35(44)47/h5-14,19-20,23,25,30,34,36,40,46H,15-18,21-22,24H2,1-4H3/t25-,30?,34+,36-,38+/m1/s1. The number of rotatable bonds is 11. The van der Waals surface area contributed by atoms with Crippen LogP contribution in [0.15, 0.2) is 79.0 Å². The average Bonchev–Trinajstić information content (AvgIpc) is 3.78. The van der Waals surface area contributed by atoms with Crippen molar-refractivity contribution in [3.63, 3.8) is 0 Å². The minimum Gasteiger partial charge on any atom is -0.497 e. The number of methoxy groups -OCH3 is 1. The Morgan fingerprint density at radius 3 is 2.65 bits per heavy atom. The largest absolute Gasteiger partial charge is 0.497 e. The predicted molar refractivity (Wildman–Crippen MR) is 194 cm³/mol. The number of aliphatic hydroxyl groups is 1. The highest BCUT2D eigenvalue weighted by atomic mass is 28.4. The molecule has 2 amide bonds. The number of benzene rings is 3. The van der Waals surface area contributed by atoms with E-state index in [1.807, 2.05) is 85.9 Å². The summed E-state index contributed by atoms with van der Waals surface area (Å²) < 4.78 is 30.7. The minimum absolute atomic E-state index is 0.00170. The molecule has 1 aromatic heterocycles. The molecule has 3 aliphatic heterocycles. The number of amides is 2. The highest BCUT2D eigenvalue weighted by molar-refractivity contribution is 6.72. The number of hydrogen-bond donors (Lipinski definition) is 2. The first-order valence-electron chi connectivity index (χ1n) is 17.6. The van der Waals surface area contributed by atoms with E-state index in [4.69, 9.17) is 9.47 Å². The number of nitrogens with one attached hydrogen (secondary N) is 1. The van der Waals surface area contributed by atoms with Crippen LogP contribution in [0.4, 0.5) is 15.5 Å². The average molecular weight is 713 g/mol. The minimum atomic E-state index is -3.39. The SMILES string of the molecule is COc1ccc2c(c1)[C@]1(O[C@@H](CCn3cc(C(CO)c4ccccc4)nn3)[C@H]([Si](C)(C)F)[C@H]1C)C(=O)N2Cc1cccc(N2CCNCC2=O)c1. The van der Waals surface area contributed by atoms with Gasteiger partial charge in [-0.05, 0) is 61.0 Å². The molecule has 268 valence electrons. The van der Waals surface area contributed by atoms with Gasteiger partial charge < -0.3 is 33.8 Å². The van der Waals surface area contributed by atoms with Gasteiger partial charge in [-0.1, -0.05) is 54.6 Å². The first-order valence-corrected chi connectivity index (χ1v) is 20.5. The maximum absolute atomic E-state index is 16.5. The molecule has 2 saturated heterocycles. The fraction of sp³-hybridized carbons (Fsp3) is 0.421. The van der Waals surface area contributed by atoms with E-state index in [1.54, 1.807) is 34.7 Å². The molecule has 13 heteroatoms. The number of ether oxygens (including phenoxy) is 2. The summed E-state index contributed by atoms with van der Waals surface area (Å²) in [5.74, 6) is -0.430. The number of aliphatic hydroxyl groups excluding tert-OH is 1. The molecule has 7 rings (SSSR count). The van der Waals surface area contributed by atoms with Gasteiger partial charge in [0.25, 0.3) is 5.91 Å². The van der Waals surface area contributed by atoms with Crippen molar-refractivity contribution in [2.24, 2.45) is 5.92 Å². The van der Waals surface area contributed by atoms with Crippen LogP contribution >= 0.6 is 0 Å². The summed E-state index contributed by atoms with van der Waals surface area (Å²) in [4.78, 5) is 31.1. The van der Waals surface area contributed by atoms with Gasteiger partial charge in [0, 0.05) is 48.5 Å². The monoisotopic (exact) mass is 712 g/mol. The normalized spacial score (nSPS) is 24.0. The number of nitrogens with zero attached hydrogens (tertiary/aromatic N) is 5. The highest BCUT2D eigenvalue weighted by Crippen LogP contribution is 2.60. The van der Waals surface area contributed by atoms with Crippen LogP contribution in [0.5, 0.6) is 5.75 Å². The van der Waals surface area contributed by atoms with E-state index in [1.165, 1.54) is 0 Å². The Kier molecular flexibility index (Phi) is 9.57. The van der Waals surface area contributed by atoms with Crippen molar-refractivity contribution in [2.75, 3.05) is 43.2 Å². The van der Waals surface area contributed by atoms with Gasteiger partial charge in [-0.3, -0.25) is 14.3 Å². The van der Waals surface area contributed by atoms with Gasteiger partial charge in [0.1, 0.15) is 5.75 Å². The van der Waals surface area contributed by atoms with E-state index < -0.39 is 31.6 Å². The maximum atomic E-state index is 16.5. The third-order valence-corrected chi connectivity index (χ3v) is 13.2. The second-order valence-electron chi connectivity index (χ2n) is 14.3. The fourth-order valence-electron chi connectivity index (χ4n) is 8.36. The molecule has 2 fully saturated rings. The van der Waals surface area contributed by atoms with Gasteiger partial charge in [-0.25, -0.2) is 0 Å². The van der Waals surface area contributed by atoms with E-state index in [2.05, 4.69) is 15.6 Å². The van der Waals surface area contributed by atoms with Crippen LogP contribution in [0.2, 0.25) is 18.6 Å². The Morgan fingerprint density at radius 2 is 1.92 bits per heavy atom. The van der Waals surface area contributed by atoms with Crippen molar-refractivity contribution in [1.82, 2.24) is 20.3 Å². The van der Waals surface area contributed by atoms with Gasteiger partial charge in [0.05, 0.1) is 50.2 Å². The summed E-state index contributed by atoms with van der Waals surface area (Å²) in [5.41, 5.74) is 2.71. The van der Waals surface area contributed by atoms with Crippen molar-refractivity contribution in [3.8, 4) is 5.75 Å². The van der Waals surface area contributed by atoms with E-state index in [9.17, 15) is 14.7 Å². The highest BCUT2D eigenvalue weighted by Gasteiger charge is 2.66. The molecular formula is C38H45FN6O5Si. The Balaban J connectivity index is 1.18. The summed E-state index contributed by atoms with van der Waals surface area (Å²) in [5, 5.41) is 22.0. The summed E-state index contributed by atoms with van der Waals surface area (Å²) in [6.07, 6.45) is 1.68. The topological polar surface area (TPSA) is 122 Å². The van der Waals surface area contributed by atoms with E-state index in [-0.39, 0.29) is 37.4 Å². The van der Waals surface area contributed by atoms with E-state index in [0.717, 1.165) is 16.8 Å². The molecule has 4 aromatic rings. The quantitative estimate of drug-likeness (QED) is 0.169. The first kappa shape index (κ1) is 35.0. The second-order valence-corrected chi connectivity index (χ2v) is 18.1. The van der Waals surface area contributed by atoms with Crippen molar-refractivity contribution in [3.05, 3.63) is 101 Å². The molecule has 1 unspecified atom stereocenters. The molecule has 2 N–H and O–H groups in total. The molecule has 0 saturated carbocycles. The molecule has 0 radical (unpaired) electrons. The molecule has 4 heterocycles. The molecule has 11 nitrogen and oxygen atoms in total. The lowest BCUT2D eigenvalue weighted by Crippen LogP contribution is -2.48. The lowest BCUT2D eigenvalue weighted by Gasteiger charge is -2.31. The number of hydrogen-bond acceptors (Lipinski definition) is 8. The van der Waals surface area contributed by atoms with Crippen molar-refractivity contribution >= 4 is 31.6 Å². The molecule has 5 atom stereocenters. The number of anilines is 2. The predicted octanol–water partition coefficient (Wildman–Crippen LogP) is 4.76. The summed E-state index contributed by atoms with van der Waals surface area (Å²) >= 11 is 0. The van der Waals surface area contributed by atoms with Crippen LogP contribution in [0.1, 0.15) is 41.6 Å². The molecule has 51 heavy (non-hydrogen) atoms. The molecule has 3 aliphatic rings. The zero-order valence-electron chi connectivity index (χ0n) is 29.5. The summed E-state index contributed by atoms with van der Waals surface area (Å²) in [6.45, 7) is 7.42. The van der Waals surface area contributed by atoms with Crippen molar-refractivity contribution < 1.29 is 28.3 Å². The zero-order chi connectivity index (χ0) is 35.9. The molecule has 0 bridgehead atoms. The number of fused-ring (bicyclic) bond motifs is 2. The number of carbonyl (C=O) groups excluding carboxylic acids is 2. The van der Waals surface area contributed by atoms with Crippen LogP contribution < -0.4 is 19.9 Å². The number of piperazine rings is 1. The summed E-state index contributed by atoms with van der Waals surface area (Å²) in [7, 11) is -1.81. The number of carbonyl (C=O) groups is 2. The fourth-order valence-corrected chi connectivity index (χ4v) is 10.9. The van der Waals surface area contributed by atoms with Crippen LogP contribution in [0.3, 0.4) is 0 Å². The number of halogens is 1. The molecule has 1 spiro atoms. The smallest absolute Gasteiger partial charge is 0.264 e. The molecule has 3 aromatic carbocycles. The summed E-state index contributed by atoms with van der Waals surface area (Å²) in [6, 6.07) is 22.9. The zero-order valence-corrected chi connectivity index (χ0v) is 30.5. The van der Waals surface area contributed by atoms with Crippen LogP contribution in [-0.4, -0.2) is 79.8 Å². The van der Waals surface area contributed by atoms with E-state index >= 15 is 4.11 Å². The molecular weight excluding hydrogens is 668 g/mol. The maximum Gasteiger partial charge on any atom is 0.264 e. The van der Waals surface area contributed by atoms with Gasteiger partial charge in [-0.15, -0.1) is 5.10 Å². The van der Waals surface area contributed by atoms with Crippen LogP contribution in [0.25, 0.3) is 0 Å². The third kappa shape index (κ3) is 6.37. The van der Waals surface area contributed by atoms with Crippen molar-refractivity contribution in [2.45, 2.75) is 62.7 Å². The van der Waals surface area contributed by atoms with Gasteiger partial charge in [-0.2, -0.15) is 0 Å². The van der Waals surface area contributed by atoms with Crippen molar-refractivity contribution in [1.29, 1.82) is 0 Å².